The zero-order valence-electron chi connectivity index (χ0n) is 9.97. The van der Waals surface area contributed by atoms with E-state index in [2.05, 4.69) is 36.4 Å². The van der Waals surface area contributed by atoms with Gasteiger partial charge in [0, 0.05) is 13.7 Å². The summed E-state index contributed by atoms with van der Waals surface area (Å²) in [6.45, 7) is 0.501. The van der Waals surface area contributed by atoms with Gasteiger partial charge in [0.05, 0.1) is 6.10 Å². The molecule has 0 saturated carbocycles. The number of ether oxygens (including phenoxy) is 1. The highest BCUT2D eigenvalue weighted by molar-refractivity contribution is 5.63. The van der Waals surface area contributed by atoms with Crippen molar-refractivity contribution in [2.75, 3.05) is 13.7 Å². The van der Waals surface area contributed by atoms with Crippen molar-refractivity contribution in [1.29, 1.82) is 0 Å². The van der Waals surface area contributed by atoms with Crippen molar-refractivity contribution < 1.29 is 4.74 Å². The Hall–Kier alpha value is -1.64. The zero-order chi connectivity index (χ0) is 12.1. The van der Waals surface area contributed by atoms with Crippen molar-refractivity contribution in [1.82, 2.24) is 0 Å². The quantitative estimate of drug-likeness (QED) is 0.871. The standard InChI is InChI=1S/C15H17NO/c1-17-15(11-16)14-9-7-13(8-10-14)12-5-3-2-4-6-12/h2-10,15H,11,16H2,1H3. The Morgan fingerprint density at radius 3 is 2.06 bits per heavy atom. The van der Waals surface area contributed by atoms with Crippen LogP contribution in [0.5, 0.6) is 0 Å². The van der Waals surface area contributed by atoms with E-state index in [1.165, 1.54) is 11.1 Å². The summed E-state index contributed by atoms with van der Waals surface area (Å²) in [5, 5.41) is 0. The molecule has 0 aliphatic rings. The van der Waals surface area contributed by atoms with Crippen LogP contribution in [0.25, 0.3) is 11.1 Å². The van der Waals surface area contributed by atoms with Crippen LogP contribution in [0.15, 0.2) is 54.6 Å². The summed E-state index contributed by atoms with van der Waals surface area (Å²) in [6.07, 6.45) is -0.0141. The Labute approximate surface area is 102 Å². The molecule has 0 radical (unpaired) electrons. The molecule has 0 aliphatic carbocycles. The second-order valence-electron chi connectivity index (χ2n) is 3.95. The van der Waals surface area contributed by atoms with Crippen LogP contribution in [0.4, 0.5) is 0 Å². The van der Waals surface area contributed by atoms with Crippen LogP contribution >= 0.6 is 0 Å². The van der Waals surface area contributed by atoms with Crippen LogP contribution in [-0.4, -0.2) is 13.7 Å². The average molecular weight is 227 g/mol. The molecule has 2 aromatic carbocycles. The Kier molecular flexibility index (Phi) is 3.91. The van der Waals surface area contributed by atoms with Crippen molar-refractivity contribution in [2.24, 2.45) is 5.73 Å². The SMILES string of the molecule is COC(CN)c1ccc(-c2ccccc2)cc1. The van der Waals surface area contributed by atoms with Crippen LogP contribution in [0.3, 0.4) is 0 Å². The van der Waals surface area contributed by atoms with Crippen molar-refractivity contribution in [3.8, 4) is 11.1 Å². The van der Waals surface area contributed by atoms with Crippen molar-refractivity contribution in [2.45, 2.75) is 6.10 Å². The molecule has 1 atom stereocenters. The second-order valence-corrected chi connectivity index (χ2v) is 3.95. The van der Waals surface area contributed by atoms with E-state index in [0.717, 1.165) is 5.56 Å². The first-order chi connectivity index (χ1) is 8.35. The number of rotatable bonds is 4. The third-order valence-electron chi connectivity index (χ3n) is 2.89. The molecule has 0 bridgehead atoms. The first-order valence-electron chi connectivity index (χ1n) is 5.73. The molecule has 88 valence electrons. The summed E-state index contributed by atoms with van der Waals surface area (Å²) in [6, 6.07) is 18.7. The van der Waals surface area contributed by atoms with Gasteiger partial charge in [-0.2, -0.15) is 0 Å². The summed E-state index contributed by atoms with van der Waals surface area (Å²) in [4.78, 5) is 0. The first kappa shape index (κ1) is 11.8. The van der Waals surface area contributed by atoms with E-state index < -0.39 is 0 Å². The Morgan fingerprint density at radius 2 is 1.53 bits per heavy atom. The lowest BCUT2D eigenvalue weighted by atomic mass is 10.0. The maximum absolute atomic E-state index is 5.64. The Morgan fingerprint density at radius 1 is 0.941 bits per heavy atom. The molecule has 0 saturated heterocycles. The normalized spacial score (nSPS) is 12.4. The highest BCUT2D eigenvalue weighted by atomic mass is 16.5. The maximum Gasteiger partial charge on any atom is 0.0943 e. The van der Waals surface area contributed by atoms with Gasteiger partial charge < -0.3 is 10.5 Å². The number of benzene rings is 2. The molecule has 2 N–H and O–H groups in total. The van der Waals surface area contributed by atoms with E-state index in [-0.39, 0.29) is 6.10 Å². The third kappa shape index (κ3) is 2.73. The highest BCUT2D eigenvalue weighted by Gasteiger charge is 2.07. The fraction of sp³-hybridized carbons (Fsp3) is 0.200. The number of hydrogen-bond acceptors (Lipinski definition) is 2. The summed E-state index contributed by atoms with van der Waals surface area (Å²) >= 11 is 0. The van der Waals surface area contributed by atoms with E-state index in [4.69, 9.17) is 10.5 Å². The molecule has 1 unspecified atom stereocenters. The minimum absolute atomic E-state index is 0.0141. The topological polar surface area (TPSA) is 35.2 Å². The number of hydrogen-bond donors (Lipinski definition) is 1. The van der Waals surface area contributed by atoms with Crippen LogP contribution in [0.1, 0.15) is 11.7 Å². The minimum atomic E-state index is -0.0141. The van der Waals surface area contributed by atoms with Crippen molar-refractivity contribution >= 4 is 0 Å². The first-order valence-corrected chi connectivity index (χ1v) is 5.73. The summed E-state index contributed by atoms with van der Waals surface area (Å²) in [5.41, 5.74) is 9.19. The van der Waals surface area contributed by atoms with Gasteiger partial charge >= 0.3 is 0 Å². The van der Waals surface area contributed by atoms with Gasteiger partial charge in [0.15, 0.2) is 0 Å². The van der Waals surface area contributed by atoms with Crippen LogP contribution in [-0.2, 0) is 4.74 Å². The molecule has 0 aromatic heterocycles. The van der Waals surface area contributed by atoms with Crippen LogP contribution < -0.4 is 5.73 Å². The molecule has 0 amide bonds. The van der Waals surface area contributed by atoms with Gasteiger partial charge in [0.2, 0.25) is 0 Å². The summed E-state index contributed by atoms with van der Waals surface area (Å²) in [7, 11) is 1.68. The summed E-state index contributed by atoms with van der Waals surface area (Å²) in [5.74, 6) is 0. The highest BCUT2D eigenvalue weighted by Crippen LogP contribution is 2.22. The molecule has 2 nitrogen and oxygen atoms in total. The van der Waals surface area contributed by atoms with Gasteiger partial charge in [-0.3, -0.25) is 0 Å². The predicted molar refractivity (Wildman–Crippen MR) is 70.7 cm³/mol. The lowest BCUT2D eigenvalue weighted by Crippen LogP contribution is -2.13. The van der Waals surface area contributed by atoms with E-state index >= 15 is 0 Å². The van der Waals surface area contributed by atoms with Gasteiger partial charge in [-0.15, -0.1) is 0 Å². The molecule has 2 aromatic rings. The lowest BCUT2D eigenvalue weighted by molar-refractivity contribution is 0.110. The largest absolute Gasteiger partial charge is 0.375 e. The van der Waals surface area contributed by atoms with E-state index in [1.807, 2.05) is 18.2 Å². The Bertz CT molecular complexity index is 446. The summed E-state index contributed by atoms with van der Waals surface area (Å²) < 4.78 is 5.31. The molecule has 0 spiro atoms. The van der Waals surface area contributed by atoms with E-state index in [9.17, 15) is 0 Å². The molecule has 17 heavy (non-hydrogen) atoms. The van der Waals surface area contributed by atoms with Gasteiger partial charge in [-0.25, -0.2) is 0 Å². The fourth-order valence-electron chi connectivity index (χ4n) is 1.89. The van der Waals surface area contributed by atoms with Crippen LogP contribution in [0.2, 0.25) is 0 Å². The maximum atomic E-state index is 5.64. The van der Waals surface area contributed by atoms with Gasteiger partial charge in [-0.1, -0.05) is 54.6 Å². The zero-order valence-corrected chi connectivity index (χ0v) is 9.97. The van der Waals surface area contributed by atoms with E-state index in [0.29, 0.717) is 6.54 Å². The van der Waals surface area contributed by atoms with Crippen molar-refractivity contribution in [3.63, 3.8) is 0 Å². The smallest absolute Gasteiger partial charge is 0.0943 e. The lowest BCUT2D eigenvalue weighted by Gasteiger charge is -2.13. The van der Waals surface area contributed by atoms with E-state index in [1.54, 1.807) is 7.11 Å². The molecular weight excluding hydrogens is 210 g/mol. The molecule has 0 aliphatic heterocycles. The van der Waals surface area contributed by atoms with Crippen molar-refractivity contribution in [3.05, 3.63) is 60.2 Å². The third-order valence-corrected chi connectivity index (χ3v) is 2.89. The molecule has 2 rings (SSSR count). The number of nitrogens with two attached hydrogens (primary N) is 1. The monoisotopic (exact) mass is 227 g/mol. The molecule has 0 fully saturated rings. The second kappa shape index (κ2) is 5.62. The number of methoxy groups -OCH3 is 1. The Balaban J connectivity index is 2.24. The molecule has 0 heterocycles. The van der Waals surface area contributed by atoms with Gasteiger partial charge in [0.25, 0.3) is 0 Å². The van der Waals surface area contributed by atoms with Gasteiger partial charge in [0.1, 0.15) is 0 Å². The molecule has 2 heteroatoms. The fourth-order valence-corrected chi connectivity index (χ4v) is 1.89. The van der Waals surface area contributed by atoms with Crippen LogP contribution in [0, 0.1) is 0 Å². The average Bonchev–Trinajstić information content (AvgIpc) is 2.42. The minimum Gasteiger partial charge on any atom is -0.375 e. The predicted octanol–water partition coefficient (Wildman–Crippen LogP) is 3.00. The van der Waals surface area contributed by atoms with Gasteiger partial charge in [-0.05, 0) is 16.7 Å². The molecular formula is C15H17NO.